The van der Waals surface area contributed by atoms with Gasteiger partial charge in [0.05, 0.1) is 0 Å². The van der Waals surface area contributed by atoms with Crippen molar-refractivity contribution in [2.24, 2.45) is 0 Å². The number of hydrogen-bond acceptors (Lipinski definition) is 3. The van der Waals surface area contributed by atoms with Crippen LogP contribution < -0.4 is 5.32 Å². The number of nitrogens with zero attached hydrogens (tertiary/aromatic N) is 1. The highest BCUT2D eigenvalue weighted by Crippen LogP contribution is 2.17. The molecule has 0 aromatic carbocycles. The lowest BCUT2D eigenvalue weighted by molar-refractivity contribution is 0.0692. The van der Waals surface area contributed by atoms with Crippen molar-refractivity contribution >= 4 is 11.8 Å². The van der Waals surface area contributed by atoms with Crippen LogP contribution in [0.4, 0.5) is 10.2 Å². The molecule has 5 heteroatoms. The largest absolute Gasteiger partial charge is 0.478 e. The molecule has 1 heterocycles. The van der Waals surface area contributed by atoms with E-state index >= 15 is 0 Å². The molecule has 0 aliphatic carbocycles. The first kappa shape index (κ1) is 12.4. The number of aromatic carboxylic acids is 1. The van der Waals surface area contributed by atoms with E-state index < -0.39 is 11.8 Å². The minimum atomic E-state index is -1.28. The lowest BCUT2D eigenvalue weighted by atomic mass is 10.1. The molecule has 0 fully saturated rings. The summed E-state index contributed by atoms with van der Waals surface area (Å²) in [6.45, 7) is 3.94. The van der Waals surface area contributed by atoms with Gasteiger partial charge >= 0.3 is 5.97 Å². The van der Waals surface area contributed by atoms with Gasteiger partial charge in [0.2, 0.25) is 0 Å². The minimum Gasteiger partial charge on any atom is -0.478 e. The third-order valence-electron chi connectivity index (χ3n) is 2.45. The van der Waals surface area contributed by atoms with Crippen molar-refractivity contribution in [1.82, 2.24) is 4.98 Å². The van der Waals surface area contributed by atoms with E-state index in [1.807, 2.05) is 13.8 Å². The predicted octanol–water partition coefficient (Wildman–Crippen LogP) is 2.52. The second kappa shape index (κ2) is 5.44. The van der Waals surface area contributed by atoms with E-state index in [2.05, 4.69) is 10.3 Å². The van der Waals surface area contributed by atoms with Gasteiger partial charge in [-0.3, -0.25) is 0 Å². The van der Waals surface area contributed by atoms with Crippen LogP contribution >= 0.6 is 0 Å². The second-order valence-electron chi connectivity index (χ2n) is 3.48. The molecule has 0 amide bonds. The van der Waals surface area contributed by atoms with Crippen LogP contribution in [-0.4, -0.2) is 22.1 Å². The van der Waals surface area contributed by atoms with Crippen molar-refractivity contribution in [3.8, 4) is 0 Å². The number of nitrogens with one attached hydrogen (secondary N) is 1. The molecule has 0 unspecified atom stereocenters. The summed E-state index contributed by atoms with van der Waals surface area (Å²) in [5, 5.41) is 11.6. The number of carboxylic acids is 1. The topological polar surface area (TPSA) is 62.2 Å². The van der Waals surface area contributed by atoms with Gasteiger partial charge in [-0.1, -0.05) is 13.8 Å². The van der Waals surface area contributed by atoms with Crippen molar-refractivity contribution in [3.63, 3.8) is 0 Å². The van der Waals surface area contributed by atoms with Gasteiger partial charge in [0.15, 0.2) is 11.6 Å². The number of pyridine rings is 1. The standard InChI is InChI=1S/C11H15FN2O2/c1-3-7(4-2)14-10-9(12)8(11(15)16)5-6-13-10/h5-7H,3-4H2,1-2H3,(H,13,14)(H,15,16). The molecular weight excluding hydrogens is 211 g/mol. The van der Waals surface area contributed by atoms with Crippen LogP contribution in [0.25, 0.3) is 0 Å². The zero-order valence-electron chi connectivity index (χ0n) is 9.33. The van der Waals surface area contributed by atoms with Crippen LogP contribution in [0.1, 0.15) is 37.0 Å². The fourth-order valence-electron chi connectivity index (χ4n) is 1.40. The predicted molar refractivity (Wildman–Crippen MR) is 59.1 cm³/mol. The summed E-state index contributed by atoms with van der Waals surface area (Å²) in [5.74, 6) is -2.08. The van der Waals surface area contributed by atoms with Crippen molar-refractivity contribution in [1.29, 1.82) is 0 Å². The maximum absolute atomic E-state index is 13.7. The first-order valence-corrected chi connectivity index (χ1v) is 5.24. The minimum absolute atomic E-state index is 0.00796. The Balaban J connectivity index is 2.97. The highest BCUT2D eigenvalue weighted by molar-refractivity contribution is 5.88. The molecule has 0 spiro atoms. The summed E-state index contributed by atoms with van der Waals surface area (Å²) < 4.78 is 13.7. The zero-order valence-corrected chi connectivity index (χ0v) is 9.33. The Morgan fingerprint density at radius 2 is 2.19 bits per heavy atom. The smallest absolute Gasteiger partial charge is 0.338 e. The van der Waals surface area contributed by atoms with Crippen LogP contribution in [0.3, 0.4) is 0 Å². The molecule has 1 rings (SSSR count). The maximum atomic E-state index is 13.7. The normalized spacial score (nSPS) is 10.5. The molecule has 1 aromatic rings. The molecule has 4 nitrogen and oxygen atoms in total. The summed E-state index contributed by atoms with van der Waals surface area (Å²) in [4.78, 5) is 14.5. The molecular formula is C11H15FN2O2. The zero-order chi connectivity index (χ0) is 12.1. The van der Waals surface area contributed by atoms with Gasteiger partial charge in [0.1, 0.15) is 5.56 Å². The van der Waals surface area contributed by atoms with E-state index in [1.165, 1.54) is 6.20 Å². The molecule has 0 saturated carbocycles. The average molecular weight is 226 g/mol. The molecule has 0 saturated heterocycles. The van der Waals surface area contributed by atoms with Crippen molar-refractivity contribution in [2.45, 2.75) is 32.7 Å². The lowest BCUT2D eigenvalue weighted by Gasteiger charge is -2.16. The van der Waals surface area contributed by atoms with Crippen LogP contribution in [0.5, 0.6) is 0 Å². The molecule has 0 radical (unpaired) electrons. The first-order valence-electron chi connectivity index (χ1n) is 5.24. The summed E-state index contributed by atoms with van der Waals surface area (Å²) in [6, 6.07) is 1.25. The lowest BCUT2D eigenvalue weighted by Crippen LogP contribution is -2.19. The van der Waals surface area contributed by atoms with Gasteiger partial charge in [0.25, 0.3) is 0 Å². The molecule has 88 valence electrons. The molecule has 0 bridgehead atoms. The van der Waals surface area contributed by atoms with Gasteiger partial charge in [-0.25, -0.2) is 14.2 Å². The monoisotopic (exact) mass is 226 g/mol. The van der Waals surface area contributed by atoms with E-state index in [0.717, 1.165) is 18.9 Å². The number of carbonyl (C=O) groups is 1. The van der Waals surface area contributed by atoms with Gasteiger partial charge in [-0.05, 0) is 18.9 Å². The molecule has 0 aliphatic rings. The Kier molecular flexibility index (Phi) is 4.22. The third kappa shape index (κ3) is 2.68. The maximum Gasteiger partial charge on any atom is 0.338 e. The Bertz CT molecular complexity index is 378. The van der Waals surface area contributed by atoms with Gasteiger partial charge in [-0.2, -0.15) is 0 Å². The van der Waals surface area contributed by atoms with E-state index in [0.29, 0.717) is 0 Å². The first-order chi connectivity index (χ1) is 7.60. The highest BCUT2D eigenvalue weighted by atomic mass is 19.1. The number of rotatable bonds is 5. The number of carboxylic acid groups (broad SMARTS) is 1. The Morgan fingerprint density at radius 1 is 1.56 bits per heavy atom. The molecule has 2 N–H and O–H groups in total. The second-order valence-corrected chi connectivity index (χ2v) is 3.48. The van der Waals surface area contributed by atoms with E-state index in [1.54, 1.807) is 0 Å². The van der Waals surface area contributed by atoms with Crippen LogP contribution in [0.15, 0.2) is 12.3 Å². The third-order valence-corrected chi connectivity index (χ3v) is 2.45. The quantitative estimate of drug-likeness (QED) is 0.809. The SMILES string of the molecule is CCC(CC)Nc1nccc(C(=O)O)c1F. The fourth-order valence-corrected chi connectivity index (χ4v) is 1.40. The average Bonchev–Trinajstić information content (AvgIpc) is 2.27. The van der Waals surface area contributed by atoms with Crippen molar-refractivity contribution < 1.29 is 14.3 Å². The summed E-state index contributed by atoms with van der Waals surface area (Å²) in [6.07, 6.45) is 2.95. The van der Waals surface area contributed by atoms with E-state index in [9.17, 15) is 9.18 Å². The van der Waals surface area contributed by atoms with Crippen LogP contribution in [0.2, 0.25) is 0 Å². The van der Waals surface area contributed by atoms with Crippen molar-refractivity contribution in [2.75, 3.05) is 5.32 Å². The highest BCUT2D eigenvalue weighted by Gasteiger charge is 2.16. The van der Waals surface area contributed by atoms with Crippen molar-refractivity contribution in [3.05, 3.63) is 23.6 Å². The fraction of sp³-hybridized carbons (Fsp3) is 0.455. The van der Waals surface area contributed by atoms with Crippen LogP contribution in [0, 0.1) is 5.82 Å². The summed E-state index contributed by atoms with van der Waals surface area (Å²) >= 11 is 0. The number of aromatic nitrogens is 1. The summed E-state index contributed by atoms with van der Waals surface area (Å²) in [7, 11) is 0. The summed E-state index contributed by atoms with van der Waals surface area (Å²) in [5.41, 5.74) is -0.358. The van der Waals surface area contributed by atoms with E-state index in [-0.39, 0.29) is 17.4 Å². The van der Waals surface area contributed by atoms with Gasteiger partial charge in [-0.15, -0.1) is 0 Å². The van der Waals surface area contributed by atoms with Crippen LogP contribution in [-0.2, 0) is 0 Å². The molecule has 0 atom stereocenters. The van der Waals surface area contributed by atoms with Gasteiger partial charge in [0, 0.05) is 12.2 Å². The molecule has 1 aromatic heterocycles. The Labute approximate surface area is 93.5 Å². The molecule has 16 heavy (non-hydrogen) atoms. The Morgan fingerprint density at radius 3 is 2.69 bits per heavy atom. The molecule has 0 aliphatic heterocycles. The van der Waals surface area contributed by atoms with E-state index in [4.69, 9.17) is 5.11 Å². The Hall–Kier alpha value is -1.65. The number of hydrogen-bond donors (Lipinski definition) is 2. The number of anilines is 1. The number of halogens is 1. The van der Waals surface area contributed by atoms with Gasteiger partial charge < -0.3 is 10.4 Å².